The van der Waals surface area contributed by atoms with Crippen LogP contribution < -0.4 is 4.90 Å². The van der Waals surface area contributed by atoms with E-state index in [1.165, 1.54) is 69.9 Å². The van der Waals surface area contributed by atoms with Crippen molar-refractivity contribution >= 4 is 11.6 Å². The third kappa shape index (κ3) is 3.97. The van der Waals surface area contributed by atoms with Gasteiger partial charge in [0.2, 0.25) is 0 Å². The van der Waals surface area contributed by atoms with Crippen molar-refractivity contribution in [3.63, 3.8) is 0 Å². The van der Waals surface area contributed by atoms with Crippen molar-refractivity contribution in [1.82, 2.24) is 19.6 Å². The molecule has 0 bridgehead atoms. The van der Waals surface area contributed by atoms with E-state index < -0.39 is 0 Å². The first-order valence-electron chi connectivity index (χ1n) is 12.1. The van der Waals surface area contributed by atoms with Crippen LogP contribution in [-0.2, 0) is 6.42 Å². The quantitative estimate of drug-likeness (QED) is 0.735. The molecule has 2 fully saturated rings. The SMILES string of the molecule is CCN1CCN(C2CCN(CCN3CCN4CCc5cccc(c54)C3=O)CC2)CC1. The van der Waals surface area contributed by atoms with Gasteiger partial charge in [0.25, 0.3) is 5.91 Å². The highest BCUT2D eigenvalue weighted by Gasteiger charge is 2.32. The predicted molar refractivity (Wildman–Crippen MR) is 121 cm³/mol. The third-order valence-electron chi connectivity index (χ3n) is 7.86. The minimum absolute atomic E-state index is 0.236. The second kappa shape index (κ2) is 8.85. The molecule has 0 unspecified atom stereocenters. The van der Waals surface area contributed by atoms with E-state index in [0.29, 0.717) is 0 Å². The van der Waals surface area contributed by atoms with Gasteiger partial charge in [-0.2, -0.15) is 0 Å². The predicted octanol–water partition coefficient (Wildman–Crippen LogP) is 1.61. The molecule has 2 saturated heterocycles. The van der Waals surface area contributed by atoms with Gasteiger partial charge in [-0.3, -0.25) is 9.69 Å². The fourth-order valence-electron chi connectivity index (χ4n) is 5.87. The van der Waals surface area contributed by atoms with Crippen LogP contribution in [-0.4, -0.2) is 110 Å². The van der Waals surface area contributed by atoms with Crippen molar-refractivity contribution in [2.24, 2.45) is 0 Å². The van der Waals surface area contributed by atoms with E-state index in [9.17, 15) is 4.79 Å². The second-order valence-corrected chi connectivity index (χ2v) is 9.39. The van der Waals surface area contributed by atoms with E-state index in [1.807, 2.05) is 6.07 Å². The van der Waals surface area contributed by atoms with Crippen LogP contribution in [0.5, 0.6) is 0 Å². The van der Waals surface area contributed by atoms with Crippen LogP contribution in [0.15, 0.2) is 18.2 Å². The van der Waals surface area contributed by atoms with E-state index in [-0.39, 0.29) is 5.91 Å². The van der Waals surface area contributed by atoms with E-state index in [2.05, 4.69) is 43.6 Å². The first-order valence-corrected chi connectivity index (χ1v) is 12.1. The smallest absolute Gasteiger partial charge is 0.256 e. The van der Waals surface area contributed by atoms with Gasteiger partial charge in [-0.05, 0) is 50.5 Å². The number of para-hydroxylation sites is 1. The third-order valence-corrected chi connectivity index (χ3v) is 7.86. The normalized spacial score (nSPS) is 24.4. The van der Waals surface area contributed by atoms with Gasteiger partial charge in [-0.1, -0.05) is 19.1 Å². The summed E-state index contributed by atoms with van der Waals surface area (Å²) < 4.78 is 0. The summed E-state index contributed by atoms with van der Waals surface area (Å²) in [7, 11) is 0. The molecule has 6 nitrogen and oxygen atoms in total. The Balaban J connectivity index is 1.12. The summed E-state index contributed by atoms with van der Waals surface area (Å²) in [6.45, 7) is 15.5. The standard InChI is InChI=1S/C24H37N5O/c1-2-25-12-15-27(16-13-25)21-7-9-26(10-8-21)14-17-29-19-18-28-11-6-20-4-3-5-22(23(20)28)24(29)30/h3-5,21H,2,6-19H2,1H3. The van der Waals surface area contributed by atoms with Crippen molar-refractivity contribution in [1.29, 1.82) is 0 Å². The van der Waals surface area contributed by atoms with Crippen molar-refractivity contribution in [2.75, 3.05) is 83.4 Å². The lowest BCUT2D eigenvalue weighted by atomic mass is 10.0. The molecule has 1 aromatic rings. The molecule has 0 spiro atoms. The topological polar surface area (TPSA) is 33.3 Å². The van der Waals surface area contributed by atoms with Crippen molar-refractivity contribution < 1.29 is 4.79 Å². The molecule has 1 aromatic carbocycles. The van der Waals surface area contributed by atoms with Gasteiger partial charge >= 0.3 is 0 Å². The van der Waals surface area contributed by atoms with Crippen molar-refractivity contribution in [3.8, 4) is 0 Å². The van der Waals surface area contributed by atoms with Crippen LogP contribution in [0.25, 0.3) is 0 Å². The number of carbonyl (C=O) groups excluding carboxylic acids is 1. The molecule has 4 aliphatic heterocycles. The highest BCUT2D eigenvalue weighted by Crippen LogP contribution is 2.34. The van der Waals surface area contributed by atoms with Crippen LogP contribution in [0.1, 0.15) is 35.7 Å². The zero-order valence-electron chi connectivity index (χ0n) is 18.6. The second-order valence-electron chi connectivity index (χ2n) is 9.39. The Labute approximate surface area is 181 Å². The highest BCUT2D eigenvalue weighted by molar-refractivity contribution is 6.01. The minimum atomic E-state index is 0.236. The highest BCUT2D eigenvalue weighted by atomic mass is 16.2. The molecule has 0 atom stereocenters. The van der Waals surface area contributed by atoms with Gasteiger partial charge in [0, 0.05) is 64.9 Å². The fourth-order valence-corrected chi connectivity index (χ4v) is 5.87. The number of hydrogen-bond acceptors (Lipinski definition) is 5. The first kappa shape index (κ1) is 20.3. The molecular formula is C24H37N5O. The molecular weight excluding hydrogens is 374 g/mol. The monoisotopic (exact) mass is 411 g/mol. The number of piperidine rings is 1. The average Bonchev–Trinajstić information content (AvgIpc) is 3.16. The largest absolute Gasteiger partial charge is 0.369 e. The molecule has 6 heteroatoms. The maximum Gasteiger partial charge on any atom is 0.256 e. The lowest BCUT2D eigenvalue weighted by molar-refractivity contribution is 0.0558. The molecule has 4 aliphatic rings. The summed E-state index contributed by atoms with van der Waals surface area (Å²) >= 11 is 0. The summed E-state index contributed by atoms with van der Waals surface area (Å²) in [6.07, 6.45) is 3.64. The zero-order chi connectivity index (χ0) is 20.5. The summed E-state index contributed by atoms with van der Waals surface area (Å²) in [5.41, 5.74) is 3.49. The van der Waals surface area contributed by atoms with Gasteiger partial charge in [0.15, 0.2) is 0 Å². The van der Waals surface area contributed by atoms with Gasteiger partial charge in [-0.15, -0.1) is 0 Å². The number of carbonyl (C=O) groups is 1. The number of hydrogen-bond donors (Lipinski definition) is 0. The van der Waals surface area contributed by atoms with E-state index in [4.69, 9.17) is 0 Å². The molecule has 5 rings (SSSR count). The summed E-state index contributed by atoms with van der Waals surface area (Å²) in [6, 6.07) is 7.04. The molecule has 4 heterocycles. The molecule has 1 amide bonds. The Morgan fingerprint density at radius 3 is 2.43 bits per heavy atom. The minimum Gasteiger partial charge on any atom is -0.369 e. The van der Waals surface area contributed by atoms with Crippen LogP contribution in [0.3, 0.4) is 0 Å². The summed E-state index contributed by atoms with van der Waals surface area (Å²) in [5.74, 6) is 0.236. The van der Waals surface area contributed by atoms with Crippen LogP contribution >= 0.6 is 0 Å². The van der Waals surface area contributed by atoms with Gasteiger partial charge in [-0.25, -0.2) is 0 Å². The van der Waals surface area contributed by atoms with Gasteiger partial charge in [0.1, 0.15) is 0 Å². The number of likely N-dealkylation sites (tertiary alicyclic amines) is 1. The fraction of sp³-hybridized carbons (Fsp3) is 0.708. The number of likely N-dealkylation sites (N-methyl/N-ethyl adjacent to an activating group) is 1. The number of nitrogens with zero attached hydrogens (tertiary/aromatic N) is 5. The molecule has 0 saturated carbocycles. The Morgan fingerprint density at radius 1 is 0.867 bits per heavy atom. The molecule has 0 N–H and O–H groups in total. The van der Waals surface area contributed by atoms with Crippen molar-refractivity contribution in [3.05, 3.63) is 29.3 Å². The molecule has 164 valence electrons. The van der Waals surface area contributed by atoms with Crippen LogP contribution in [0, 0.1) is 0 Å². The Kier molecular flexibility index (Phi) is 5.98. The van der Waals surface area contributed by atoms with Gasteiger partial charge in [0.05, 0.1) is 11.3 Å². The van der Waals surface area contributed by atoms with Crippen LogP contribution in [0.4, 0.5) is 5.69 Å². The Bertz CT molecular complexity index is 752. The maximum atomic E-state index is 13.2. The lowest BCUT2D eigenvalue weighted by Gasteiger charge is -2.42. The molecule has 0 aromatic heterocycles. The molecule has 0 radical (unpaired) electrons. The maximum absolute atomic E-state index is 13.2. The van der Waals surface area contributed by atoms with Crippen molar-refractivity contribution in [2.45, 2.75) is 32.2 Å². The Hall–Kier alpha value is -1.63. The number of amides is 1. The number of rotatable bonds is 5. The van der Waals surface area contributed by atoms with Gasteiger partial charge < -0.3 is 19.6 Å². The first-order chi connectivity index (χ1) is 14.7. The molecule has 0 aliphatic carbocycles. The number of anilines is 1. The number of piperazine rings is 1. The van der Waals surface area contributed by atoms with E-state index >= 15 is 0 Å². The van der Waals surface area contributed by atoms with E-state index in [1.54, 1.807) is 0 Å². The lowest BCUT2D eigenvalue weighted by Crippen LogP contribution is -2.53. The summed E-state index contributed by atoms with van der Waals surface area (Å²) in [5, 5.41) is 0. The Morgan fingerprint density at radius 2 is 1.67 bits per heavy atom. The summed E-state index contributed by atoms with van der Waals surface area (Å²) in [4.78, 5) is 25.6. The molecule has 30 heavy (non-hydrogen) atoms. The van der Waals surface area contributed by atoms with E-state index in [0.717, 1.165) is 50.7 Å². The number of benzene rings is 1. The average molecular weight is 412 g/mol. The van der Waals surface area contributed by atoms with Crippen LogP contribution in [0.2, 0.25) is 0 Å². The zero-order valence-corrected chi connectivity index (χ0v) is 18.6.